The maximum absolute atomic E-state index is 13.0. The number of hydrogen-bond donors (Lipinski definition) is 1. The Bertz CT molecular complexity index is 589. The Morgan fingerprint density at radius 3 is 2.79 bits per heavy atom. The molecule has 0 atom stereocenters. The average Bonchev–Trinajstić information content (AvgIpc) is 2.39. The summed E-state index contributed by atoms with van der Waals surface area (Å²) in [7, 11) is 0. The van der Waals surface area contributed by atoms with Crippen molar-refractivity contribution in [3.05, 3.63) is 58.9 Å². The minimum absolute atomic E-state index is 0.245. The molecule has 0 saturated heterocycles. The van der Waals surface area contributed by atoms with E-state index in [9.17, 15) is 9.18 Å². The SMILES string of the molecule is O=CNc1ccc(OCc2cccc(F)c2)cc1Cl. The van der Waals surface area contributed by atoms with Gasteiger partial charge in [0.15, 0.2) is 0 Å². The van der Waals surface area contributed by atoms with Gasteiger partial charge >= 0.3 is 0 Å². The molecule has 0 aliphatic rings. The zero-order valence-electron chi connectivity index (χ0n) is 9.90. The molecule has 0 aliphatic heterocycles. The van der Waals surface area contributed by atoms with Gasteiger partial charge in [0.2, 0.25) is 6.41 Å². The molecule has 0 aliphatic carbocycles. The van der Waals surface area contributed by atoms with Crippen LogP contribution in [0.5, 0.6) is 5.75 Å². The predicted molar refractivity (Wildman–Crippen MR) is 71.9 cm³/mol. The summed E-state index contributed by atoms with van der Waals surface area (Å²) >= 11 is 5.95. The molecule has 2 aromatic rings. The number of ether oxygens (including phenoxy) is 1. The number of carbonyl (C=O) groups excluding carboxylic acids is 1. The van der Waals surface area contributed by atoms with E-state index in [2.05, 4.69) is 5.32 Å². The van der Waals surface area contributed by atoms with Crippen LogP contribution in [0, 0.1) is 5.82 Å². The van der Waals surface area contributed by atoms with Gasteiger partial charge in [0, 0.05) is 6.07 Å². The monoisotopic (exact) mass is 279 g/mol. The van der Waals surface area contributed by atoms with Crippen LogP contribution in [0.4, 0.5) is 10.1 Å². The Morgan fingerprint density at radius 2 is 2.11 bits per heavy atom. The van der Waals surface area contributed by atoms with Crippen molar-refractivity contribution in [1.29, 1.82) is 0 Å². The Kier molecular flexibility index (Phi) is 4.36. The van der Waals surface area contributed by atoms with Crippen molar-refractivity contribution in [3.63, 3.8) is 0 Å². The highest BCUT2D eigenvalue weighted by Gasteiger charge is 2.03. The summed E-state index contributed by atoms with van der Waals surface area (Å²) in [6.45, 7) is 0.245. The zero-order chi connectivity index (χ0) is 13.7. The Balaban J connectivity index is 2.03. The van der Waals surface area contributed by atoms with Crippen LogP contribution in [0.3, 0.4) is 0 Å². The third kappa shape index (κ3) is 3.69. The Hall–Kier alpha value is -2.07. The summed E-state index contributed by atoms with van der Waals surface area (Å²) in [5.74, 6) is 0.246. The van der Waals surface area contributed by atoms with Crippen molar-refractivity contribution < 1.29 is 13.9 Å². The Labute approximate surface area is 115 Å². The van der Waals surface area contributed by atoms with Crippen molar-refractivity contribution in [2.45, 2.75) is 6.61 Å². The lowest BCUT2D eigenvalue weighted by atomic mass is 10.2. The highest BCUT2D eigenvalue weighted by atomic mass is 35.5. The van der Waals surface area contributed by atoms with Gasteiger partial charge in [-0.1, -0.05) is 23.7 Å². The van der Waals surface area contributed by atoms with E-state index in [1.807, 2.05) is 0 Å². The van der Waals surface area contributed by atoms with E-state index >= 15 is 0 Å². The van der Waals surface area contributed by atoms with Crippen LogP contribution in [0.15, 0.2) is 42.5 Å². The number of halogens is 2. The van der Waals surface area contributed by atoms with Gasteiger partial charge in [-0.05, 0) is 29.8 Å². The highest BCUT2D eigenvalue weighted by molar-refractivity contribution is 6.33. The van der Waals surface area contributed by atoms with Crippen LogP contribution in [0.2, 0.25) is 5.02 Å². The van der Waals surface area contributed by atoms with Gasteiger partial charge in [-0.2, -0.15) is 0 Å². The van der Waals surface area contributed by atoms with E-state index in [0.29, 0.717) is 22.9 Å². The highest BCUT2D eigenvalue weighted by Crippen LogP contribution is 2.26. The topological polar surface area (TPSA) is 38.3 Å². The van der Waals surface area contributed by atoms with Crippen LogP contribution < -0.4 is 10.1 Å². The molecular weight excluding hydrogens is 269 g/mol. The summed E-state index contributed by atoms with van der Waals surface area (Å²) in [4.78, 5) is 10.3. The van der Waals surface area contributed by atoms with Gasteiger partial charge in [-0.15, -0.1) is 0 Å². The third-order valence-corrected chi connectivity index (χ3v) is 2.76. The van der Waals surface area contributed by atoms with Gasteiger partial charge < -0.3 is 10.1 Å². The quantitative estimate of drug-likeness (QED) is 0.849. The fourth-order valence-electron chi connectivity index (χ4n) is 1.56. The standard InChI is InChI=1S/C14H11ClFNO2/c15-13-7-12(4-5-14(13)17-9-18)19-8-10-2-1-3-11(16)6-10/h1-7,9H,8H2,(H,17,18). The van der Waals surface area contributed by atoms with Crippen molar-refractivity contribution in [2.24, 2.45) is 0 Å². The maximum atomic E-state index is 13.0. The molecule has 0 fully saturated rings. The number of anilines is 1. The second-order valence-corrected chi connectivity index (χ2v) is 4.23. The molecule has 2 aromatic carbocycles. The van der Waals surface area contributed by atoms with E-state index in [1.54, 1.807) is 30.3 Å². The number of amides is 1. The molecule has 2 rings (SSSR count). The number of nitrogens with one attached hydrogen (secondary N) is 1. The van der Waals surface area contributed by atoms with E-state index in [1.165, 1.54) is 12.1 Å². The van der Waals surface area contributed by atoms with Crippen LogP contribution >= 0.6 is 11.6 Å². The second kappa shape index (κ2) is 6.20. The molecule has 19 heavy (non-hydrogen) atoms. The summed E-state index contributed by atoms with van der Waals surface area (Å²) in [5, 5.41) is 2.85. The van der Waals surface area contributed by atoms with Crippen LogP contribution in [-0.2, 0) is 11.4 Å². The molecule has 98 valence electrons. The molecule has 0 radical (unpaired) electrons. The molecule has 0 aromatic heterocycles. The average molecular weight is 280 g/mol. The van der Waals surface area contributed by atoms with Crippen molar-refractivity contribution in [3.8, 4) is 5.75 Å². The van der Waals surface area contributed by atoms with Gasteiger partial charge in [0.05, 0.1) is 10.7 Å². The van der Waals surface area contributed by atoms with Crippen molar-refractivity contribution in [2.75, 3.05) is 5.32 Å². The zero-order valence-corrected chi connectivity index (χ0v) is 10.7. The van der Waals surface area contributed by atoms with E-state index in [-0.39, 0.29) is 12.4 Å². The lowest BCUT2D eigenvalue weighted by Crippen LogP contribution is -1.98. The minimum Gasteiger partial charge on any atom is -0.489 e. The largest absolute Gasteiger partial charge is 0.489 e. The van der Waals surface area contributed by atoms with E-state index in [4.69, 9.17) is 16.3 Å². The van der Waals surface area contributed by atoms with E-state index < -0.39 is 0 Å². The van der Waals surface area contributed by atoms with Crippen molar-refractivity contribution >= 4 is 23.7 Å². The molecule has 5 heteroatoms. The van der Waals surface area contributed by atoms with Gasteiger partial charge in [-0.25, -0.2) is 4.39 Å². The Morgan fingerprint density at radius 1 is 1.26 bits per heavy atom. The number of hydrogen-bond acceptors (Lipinski definition) is 2. The summed E-state index contributed by atoms with van der Waals surface area (Å²) < 4.78 is 18.5. The fourth-order valence-corrected chi connectivity index (χ4v) is 1.78. The molecule has 3 nitrogen and oxygen atoms in total. The molecule has 0 unspecified atom stereocenters. The summed E-state index contributed by atoms with van der Waals surface area (Å²) in [6.07, 6.45) is 0.550. The lowest BCUT2D eigenvalue weighted by molar-refractivity contribution is -0.105. The van der Waals surface area contributed by atoms with Crippen LogP contribution in [0.25, 0.3) is 0 Å². The number of rotatable bonds is 5. The maximum Gasteiger partial charge on any atom is 0.211 e. The third-order valence-electron chi connectivity index (χ3n) is 2.45. The van der Waals surface area contributed by atoms with Crippen LogP contribution in [-0.4, -0.2) is 6.41 Å². The van der Waals surface area contributed by atoms with Gasteiger partial charge in [0.25, 0.3) is 0 Å². The number of benzene rings is 2. The normalized spacial score (nSPS) is 10.0. The summed E-state index contributed by atoms with van der Waals surface area (Å²) in [6, 6.07) is 11.1. The molecular formula is C14H11ClFNO2. The molecule has 0 saturated carbocycles. The van der Waals surface area contributed by atoms with Gasteiger partial charge in [0.1, 0.15) is 18.2 Å². The first-order chi connectivity index (χ1) is 9.19. The molecule has 1 amide bonds. The smallest absolute Gasteiger partial charge is 0.211 e. The molecule has 0 heterocycles. The van der Waals surface area contributed by atoms with Crippen molar-refractivity contribution in [1.82, 2.24) is 0 Å². The number of carbonyl (C=O) groups is 1. The molecule has 1 N–H and O–H groups in total. The fraction of sp³-hybridized carbons (Fsp3) is 0.0714. The predicted octanol–water partition coefficient (Wildman–Crippen LogP) is 3.63. The summed E-state index contributed by atoms with van der Waals surface area (Å²) in [5.41, 5.74) is 1.24. The lowest BCUT2D eigenvalue weighted by Gasteiger charge is -2.08. The first kappa shape index (κ1) is 13.4. The second-order valence-electron chi connectivity index (χ2n) is 3.82. The van der Waals surface area contributed by atoms with Gasteiger partial charge in [-0.3, -0.25) is 4.79 Å². The molecule has 0 spiro atoms. The van der Waals surface area contributed by atoms with Crippen LogP contribution in [0.1, 0.15) is 5.56 Å². The first-order valence-corrected chi connectivity index (χ1v) is 5.94. The molecule has 0 bridgehead atoms. The first-order valence-electron chi connectivity index (χ1n) is 5.56. The minimum atomic E-state index is -0.301. The van der Waals surface area contributed by atoms with E-state index in [0.717, 1.165) is 5.56 Å².